The number of rotatable bonds is 3. The Bertz CT molecular complexity index is 421. The van der Waals surface area contributed by atoms with Crippen molar-refractivity contribution in [2.45, 2.75) is 18.7 Å². The van der Waals surface area contributed by atoms with Crippen LogP contribution < -0.4 is 5.73 Å². The highest BCUT2D eigenvalue weighted by Gasteiger charge is 2.26. The highest BCUT2D eigenvalue weighted by atomic mass is 79.9. The number of hydrogen-bond donors (Lipinski definition) is 2. The lowest BCUT2D eigenvalue weighted by atomic mass is 9.99. The smallest absolute Gasteiger partial charge is 0.182 e. The summed E-state index contributed by atoms with van der Waals surface area (Å²) in [7, 11) is 0. The fourth-order valence-electron chi connectivity index (χ4n) is 1.28. The first-order valence-corrected chi connectivity index (χ1v) is 5.73. The summed E-state index contributed by atoms with van der Waals surface area (Å²) in [6, 6.07) is 2.29. The number of ketones is 1. The van der Waals surface area contributed by atoms with Crippen molar-refractivity contribution in [1.82, 2.24) is 0 Å². The van der Waals surface area contributed by atoms with E-state index in [4.69, 9.17) is 5.73 Å². The minimum absolute atomic E-state index is 0.0227. The quantitative estimate of drug-likeness (QED) is 0.511. The van der Waals surface area contributed by atoms with Crippen LogP contribution in [0.2, 0.25) is 0 Å². The first kappa shape index (κ1) is 13.0. The van der Waals surface area contributed by atoms with Gasteiger partial charge in [0, 0.05) is 5.69 Å². The average molecular weight is 290 g/mol. The lowest BCUT2D eigenvalue weighted by Gasteiger charge is -2.15. The van der Waals surface area contributed by atoms with E-state index < -0.39 is 22.2 Å². The summed E-state index contributed by atoms with van der Waals surface area (Å²) >= 11 is 3.20. The lowest BCUT2D eigenvalue weighted by molar-refractivity contribution is 0.0975. The molecule has 1 unspecified atom stereocenters. The molecular weight excluding hydrogens is 277 g/mol. The zero-order valence-corrected chi connectivity index (χ0v) is 10.6. The van der Waals surface area contributed by atoms with E-state index in [1.54, 1.807) is 0 Å². The van der Waals surface area contributed by atoms with Gasteiger partial charge in [-0.2, -0.15) is 0 Å². The molecule has 1 aromatic carbocycles. The van der Waals surface area contributed by atoms with Gasteiger partial charge in [-0.15, -0.1) is 0 Å². The Labute approximate surface area is 102 Å². The highest BCUT2D eigenvalue weighted by Crippen LogP contribution is 2.30. The van der Waals surface area contributed by atoms with Gasteiger partial charge >= 0.3 is 0 Å². The van der Waals surface area contributed by atoms with Crippen LogP contribution in [-0.4, -0.2) is 15.7 Å². The van der Waals surface area contributed by atoms with Crippen molar-refractivity contribution in [2.24, 2.45) is 5.92 Å². The molecule has 3 N–H and O–H groups in total. The fraction of sp³-hybridized carbons (Fsp3) is 0.364. The summed E-state index contributed by atoms with van der Waals surface area (Å²) in [5, 5.41) is 9.48. The van der Waals surface area contributed by atoms with Crippen molar-refractivity contribution >= 4 is 27.4 Å². The number of nitrogens with two attached hydrogens (primary N) is 1. The zero-order chi connectivity index (χ0) is 12.5. The first-order chi connectivity index (χ1) is 7.36. The van der Waals surface area contributed by atoms with Crippen LogP contribution in [0.1, 0.15) is 24.2 Å². The van der Waals surface area contributed by atoms with Gasteiger partial charge in [0.1, 0.15) is 0 Å². The van der Waals surface area contributed by atoms with Crippen molar-refractivity contribution in [3.05, 3.63) is 23.5 Å². The minimum atomic E-state index is -0.846. The van der Waals surface area contributed by atoms with Gasteiger partial charge < -0.3 is 10.8 Å². The molecule has 0 saturated carbocycles. The predicted octanol–water partition coefficient (Wildman–Crippen LogP) is 2.72. The molecule has 88 valence electrons. The maximum atomic E-state index is 13.1. The van der Waals surface area contributed by atoms with Crippen LogP contribution in [0.3, 0.4) is 0 Å². The van der Waals surface area contributed by atoms with Crippen LogP contribution in [-0.2, 0) is 0 Å². The second kappa shape index (κ2) is 4.82. The normalized spacial score (nSPS) is 12.8. The predicted molar refractivity (Wildman–Crippen MR) is 64.4 cm³/mol. The summed E-state index contributed by atoms with van der Waals surface area (Å²) in [5.41, 5.74) is 5.48. The first-order valence-electron chi connectivity index (χ1n) is 4.81. The third-order valence-corrected chi connectivity index (χ3v) is 3.72. The topological polar surface area (TPSA) is 63.3 Å². The number of phenols is 1. The molecule has 0 radical (unpaired) electrons. The molecule has 0 fully saturated rings. The fourth-order valence-corrected chi connectivity index (χ4v) is 1.51. The van der Waals surface area contributed by atoms with Gasteiger partial charge in [0.05, 0.1) is 10.4 Å². The maximum Gasteiger partial charge on any atom is 0.182 e. The molecule has 5 heteroatoms. The van der Waals surface area contributed by atoms with E-state index in [1.165, 1.54) is 6.07 Å². The summed E-state index contributed by atoms with van der Waals surface area (Å²) in [6.07, 6.45) is 0. The number of anilines is 1. The Morgan fingerprint density at radius 2 is 2.06 bits per heavy atom. The Morgan fingerprint density at radius 1 is 1.50 bits per heavy atom. The molecule has 16 heavy (non-hydrogen) atoms. The van der Waals surface area contributed by atoms with Crippen molar-refractivity contribution in [3.8, 4) is 5.75 Å². The second-order valence-electron chi connectivity index (χ2n) is 3.87. The largest absolute Gasteiger partial charge is 0.504 e. The van der Waals surface area contributed by atoms with Gasteiger partial charge in [0.2, 0.25) is 0 Å². The van der Waals surface area contributed by atoms with Crippen LogP contribution in [0, 0.1) is 11.7 Å². The molecule has 0 aromatic heterocycles. The van der Waals surface area contributed by atoms with Crippen LogP contribution in [0.5, 0.6) is 5.75 Å². The van der Waals surface area contributed by atoms with Gasteiger partial charge in [0.15, 0.2) is 17.3 Å². The Hall–Kier alpha value is -1.10. The van der Waals surface area contributed by atoms with Crippen molar-refractivity contribution in [3.63, 3.8) is 0 Å². The zero-order valence-electron chi connectivity index (χ0n) is 9.00. The highest BCUT2D eigenvalue weighted by molar-refractivity contribution is 9.10. The summed E-state index contributed by atoms with van der Waals surface area (Å²) in [6.45, 7) is 3.67. The number of halogens is 2. The number of phenolic OH excluding ortho intramolecular Hbond substituents is 1. The average Bonchev–Trinajstić information content (AvgIpc) is 2.22. The maximum absolute atomic E-state index is 13.1. The van der Waals surface area contributed by atoms with Gasteiger partial charge in [-0.25, -0.2) is 4.39 Å². The van der Waals surface area contributed by atoms with Crippen LogP contribution in [0.25, 0.3) is 0 Å². The molecule has 0 heterocycles. The van der Waals surface area contributed by atoms with E-state index in [0.717, 1.165) is 6.07 Å². The van der Waals surface area contributed by atoms with Crippen LogP contribution >= 0.6 is 15.9 Å². The lowest BCUT2D eigenvalue weighted by Crippen LogP contribution is -2.21. The van der Waals surface area contributed by atoms with E-state index in [1.807, 2.05) is 13.8 Å². The van der Waals surface area contributed by atoms with E-state index in [2.05, 4.69) is 15.9 Å². The van der Waals surface area contributed by atoms with E-state index in [9.17, 15) is 14.3 Å². The monoisotopic (exact) mass is 289 g/mol. The van der Waals surface area contributed by atoms with Crippen molar-refractivity contribution < 1.29 is 14.3 Å². The van der Waals surface area contributed by atoms with E-state index in [-0.39, 0.29) is 17.2 Å². The molecule has 1 atom stereocenters. The molecule has 1 rings (SSSR count). The number of alkyl halides is 1. The molecule has 1 aromatic rings. The van der Waals surface area contributed by atoms with Crippen LogP contribution in [0.4, 0.5) is 10.1 Å². The van der Waals surface area contributed by atoms with Crippen molar-refractivity contribution in [1.29, 1.82) is 0 Å². The number of carbonyl (C=O) groups excluding carboxylic acids is 1. The molecule has 0 bridgehead atoms. The Balaban J connectivity index is 3.23. The second-order valence-corrected chi connectivity index (χ2v) is 4.86. The number of aromatic hydroxyl groups is 1. The number of Topliss-reactive ketones (excluding diaryl/α,β-unsaturated/α-hetero) is 1. The van der Waals surface area contributed by atoms with E-state index in [0.29, 0.717) is 0 Å². The summed E-state index contributed by atoms with van der Waals surface area (Å²) < 4.78 is 13.1. The molecule has 0 spiro atoms. The third-order valence-electron chi connectivity index (χ3n) is 2.24. The third kappa shape index (κ3) is 2.35. The standard InChI is InChI=1S/C11H13BrFNO2/c1-5(2)9(12)11(16)8-7(14)4-3-6(13)10(8)15/h3-5,9,15H,14H2,1-2H3. The molecule has 0 amide bonds. The van der Waals surface area contributed by atoms with Crippen LogP contribution in [0.15, 0.2) is 12.1 Å². The van der Waals surface area contributed by atoms with Gasteiger partial charge in [0.25, 0.3) is 0 Å². The summed E-state index contributed by atoms with van der Waals surface area (Å²) in [5.74, 6) is -1.92. The summed E-state index contributed by atoms with van der Waals surface area (Å²) in [4.78, 5) is 11.4. The van der Waals surface area contributed by atoms with Gasteiger partial charge in [-0.3, -0.25) is 4.79 Å². The number of carbonyl (C=O) groups is 1. The van der Waals surface area contributed by atoms with E-state index >= 15 is 0 Å². The van der Waals surface area contributed by atoms with Gasteiger partial charge in [-0.1, -0.05) is 29.8 Å². The molecule has 0 aliphatic carbocycles. The molecular formula is C11H13BrFNO2. The molecule has 0 aliphatic heterocycles. The number of hydrogen-bond acceptors (Lipinski definition) is 3. The van der Waals surface area contributed by atoms with Crippen molar-refractivity contribution in [2.75, 3.05) is 5.73 Å². The minimum Gasteiger partial charge on any atom is -0.504 e. The number of nitrogen functional groups attached to an aromatic ring is 1. The Morgan fingerprint density at radius 3 is 2.56 bits per heavy atom. The molecule has 0 saturated heterocycles. The molecule has 3 nitrogen and oxygen atoms in total. The molecule has 0 aliphatic rings. The number of benzene rings is 1. The SMILES string of the molecule is CC(C)C(Br)C(=O)c1c(N)ccc(F)c1O. The van der Waals surface area contributed by atoms with Gasteiger partial charge in [-0.05, 0) is 18.1 Å². The Kier molecular flexibility index (Phi) is 3.91.